The van der Waals surface area contributed by atoms with Crippen LogP contribution in [0, 0.1) is 11.6 Å². The van der Waals surface area contributed by atoms with Crippen molar-refractivity contribution in [3.8, 4) is 0 Å². The van der Waals surface area contributed by atoms with Gasteiger partial charge < -0.3 is 9.73 Å². The zero-order valence-corrected chi connectivity index (χ0v) is 9.34. The predicted molar refractivity (Wildman–Crippen MR) is 58.4 cm³/mol. The first-order chi connectivity index (χ1) is 8.17. The summed E-state index contributed by atoms with van der Waals surface area (Å²) in [6.45, 7) is 0. The first-order valence-electron chi connectivity index (χ1n) is 4.79. The largest absolute Gasteiger partial charge is 0.408 e. The van der Waals surface area contributed by atoms with Gasteiger partial charge in [0.2, 0.25) is 5.89 Å². The molecular formula is C10H8ClF2N3O. The lowest BCUT2D eigenvalue weighted by molar-refractivity contribution is 0.516. The van der Waals surface area contributed by atoms with Crippen molar-refractivity contribution in [2.24, 2.45) is 0 Å². The Morgan fingerprint density at radius 2 is 1.88 bits per heavy atom. The molecule has 17 heavy (non-hydrogen) atoms. The Balaban J connectivity index is 2.13. The average Bonchev–Trinajstić information content (AvgIpc) is 2.64. The Morgan fingerprint density at radius 3 is 2.53 bits per heavy atom. The molecule has 0 unspecified atom stereocenters. The van der Waals surface area contributed by atoms with Gasteiger partial charge in [-0.3, -0.25) is 0 Å². The standard InChI is InChI=1S/C10H8ClF2N3O/c11-2-1-9-15-16-10(17-9)14-8-4-6(12)3-7(13)5-8/h3-5H,1-2H2,(H,14,16). The van der Waals surface area contributed by atoms with Gasteiger partial charge in [0.25, 0.3) is 0 Å². The summed E-state index contributed by atoms with van der Waals surface area (Å²) in [4.78, 5) is 0. The molecule has 0 saturated carbocycles. The molecule has 0 aliphatic heterocycles. The summed E-state index contributed by atoms with van der Waals surface area (Å²) in [5, 5.41) is 9.95. The second kappa shape index (κ2) is 5.09. The molecule has 0 saturated heterocycles. The second-order valence-corrected chi connectivity index (χ2v) is 3.60. The first-order valence-corrected chi connectivity index (χ1v) is 5.32. The summed E-state index contributed by atoms with van der Waals surface area (Å²) in [6, 6.07) is 3.08. The smallest absolute Gasteiger partial charge is 0.320 e. The third-order valence-corrected chi connectivity index (χ3v) is 2.08. The third kappa shape index (κ3) is 3.13. The highest BCUT2D eigenvalue weighted by atomic mass is 35.5. The maximum Gasteiger partial charge on any atom is 0.320 e. The molecule has 0 bridgehead atoms. The molecule has 1 heterocycles. The van der Waals surface area contributed by atoms with Crippen molar-refractivity contribution in [3.05, 3.63) is 35.7 Å². The SMILES string of the molecule is Fc1cc(F)cc(Nc2nnc(CCCl)o2)c1. The van der Waals surface area contributed by atoms with E-state index in [0.717, 1.165) is 18.2 Å². The van der Waals surface area contributed by atoms with Crippen LogP contribution >= 0.6 is 11.6 Å². The van der Waals surface area contributed by atoms with Gasteiger partial charge in [-0.2, -0.15) is 0 Å². The van der Waals surface area contributed by atoms with E-state index in [1.54, 1.807) is 0 Å². The molecule has 0 radical (unpaired) electrons. The minimum atomic E-state index is -0.687. The first kappa shape index (κ1) is 11.8. The van der Waals surface area contributed by atoms with Crippen LogP contribution in [0.15, 0.2) is 22.6 Å². The molecule has 0 atom stereocenters. The predicted octanol–water partition coefficient (Wildman–Crippen LogP) is 2.87. The summed E-state index contributed by atoms with van der Waals surface area (Å²) >= 11 is 5.50. The number of hydrogen-bond acceptors (Lipinski definition) is 4. The van der Waals surface area contributed by atoms with Gasteiger partial charge in [0.1, 0.15) is 11.6 Å². The zero-order valence-electron chi connectivity index (χ0n) is 8.58. The highest BCUT2D eigenvalue weighted by Gasteiger charge is 2.07. The minimum absolute atomic E-state index is 0.0649. The lowest BCUT2D eigenvalue weighted by Gasteiger charge is -2.01. The van der Waals surface area contributed by atoms with Gasteiger partial charge in [-0.05, 0) is 12.1 Å². The van der Waals surface area contributed by atoms with Crippen LogP contribution in [0.1, 0.15) is 5.89 Å². The molecule has 1 aromatic carbocycles. The number of anilines is 2. The maximum absolute atomic E-state index is 12.9. The number of hydrogen-bond donors (Lipinski definition) is 1. The van der Waals surface area contributed by atoms with Gasteiger partial charge in [0.05, 0.1) is 0 Å². The lowest BCUT2D eigenvalue weighted by atomic mass is 10.3. The quantitative estimate of drug-likeness (QED) is 0.858. The van der Waals surface area contributed by atoms with Gasteiger partial charge in [-0.25, -0.2) is 8.78 Å². The van der Waals surface area contributed by atoms with Crippen LogP contribution < -0.4 is 5.32 Å². The molecule has 1 aromatic heterocycles. The van der Waals surface area contributed by atoms with Crippen molar-refractivity contribution >= 4 is 23.3 Å². The average molecular weight is 260 g/mol. The van der Waals surface area contributed by atoms with Crippen molar-refractivity contribution in [1.82, 2.24) is 10.2 Å². The Labute approximate surface area is 101 Å². The molecular weight excluding hydrogens is 252 g/mol. The summed E-state index contributed by atoms with van der Waals surface area (Å²) < 4.78 is 30.9. The normalized spacial score (nSPS) is 10.5. The fourth-order valence-electron chi connectivity index (χ4n) is 1.24. The van der Waals surface area contributed by atoms with Crippen LogP contribution in [0.2, 0.25) is 0 Å². The zero-order chi connectivity index (χ0) is 12.3. The summed E-state index contributed by atoms with van der Waals surface area (Å²) in [6.07, 6.45) is 0.438. The molecule has 7 heteroatoms. The number of benzene rings is 1. The summed E-state index contributed by atoms with van der Waals surface area (Å²) in [5.74, 6) is -0.656. The number of aryl methyl sites for hydroxylation is 1. The van der Waals surface area contributed by atoms with Gasteiger partial charge >= 0.3 is 6.01 Å². The molecule has 0 aliphatic rings. The highest BCUT2D eigenvalue weighted by Crippen LogP contribution is 2.18. The molecule has 2 aromatic rings. The van der Waals surface area contributed by atoms with E-state index >= 15 is 0 Å². The molecule has 0 fully saturated rings. The summed E-state index contributed by atoms with van der Waals surface area (Å²) in [7, 11) is 0. The molecule has 90 valence electrons. The van der Waals surface area contributed by atoms with Gasteiger partial charge in [-0.15, -0.1) is 16.7 Å². The molecule has 1 N–H and O–H groups in total. The van der Waals surface area contributed by atoms with E-state index in [0.29, 0.717) is 18.2 Å². The van der Waals surface area contributed by atoms with Crippen LogP contribution in [-0.2, 0) is 6.42 Å². The van der Waals surface area contributed by atoms with Crippen molar-refractivity contribution in [3.63, 3.8) is 0 Å². The number of nitrogens with one attached hydrogen (secondary N) is 1. The highest BCUT2D eigenvalue weighted by molar-refractivity contribution is 6.17. The number of alkyl halides is 1. The van der Waals surface area contributed by atoms with Crippen molar-refractivity contribution in [2.45, 2.75) is 6.42 Å². The van der Waals surface area contributed by atoms with Crippen LogP contribution in [0.25, 0.3) is 0 Å². The van der Waals surface area contributed by atoms with E-state index < -0.39 is 11.6 Å². The molecule has 2 rings (SSSR count). The van der Waals surface area contributed by atoms with Crippen LogP contribution in [0.5, 0.6) is 0 Å². The van der Waals surface area contributed by atoms with Crippen molar-refractivity contribution in [2.75, 3.05) is 11.2 Å². The van der Waals surface area contributed by atoms with E-state index in [1.165, 1.54) is 0 Å². The Morgan fingerprint density at radius 1 is 1.18 bits per heavy atom. The van der Waals surface area contributed by atoms with E-state index in [4.69, 9.17) is 16.0 Å². The summed E-state index contributed by atoms with van der Waals surface area (Å²) in [5.41, 5.74) is 0.198. The monoisotopic (exact) mass is 259 g/mol. The molecule has 0 aliphatic carbocycles. The van der Waals surface area contributed by atoms with Crippen LogP contribution in [-0.4, -0.2) is 16.1 Å². The molecule has 4 nitrogen and oxygen atoms in total. The third-order valence-electron chi connectivity index (χ3n) is 1.89. The topological polar surface area (TPSA) is 51.0 Å². The number of aromatic nitrogens is 2. The fourth-order valence-corrected chi connectivity index (χ4v) is 1.40. The van der Waals surface area contributed by atoms with Crippen molar-refractivity contribution < 1.29 is 13.2 Å². The van der Waals surface area contributed by atoms with E-state index in [-0.39, 0.29) is 11.7 Å². The Bertz CT molecular complexity index is 498. The van der Waals surface area contributed by atoms with E-state index in [2.05, 4.69) is 15.5 Å². The van der Waals surface area contributed by atoms with E-state index in [1.807, 2.05) is 0 Å². The van der Waals surface area contributed by atoms with Crippen LogP contribution in [0.4, 0.5) is 20.5 Å². The van der Waals surface area contributed by atoms with E-state index in [9.17, 15) is 8.78 Å². The Kier molecular flexibility index (Phi) is 3.53. The minimum Gasteiger partial charge on any atom is -0.408 e. The van der Waals surface area contributed by atoms with Gasteiger partial charge in [-0.1, -0.05) is 5.10 Å². The van der Waals surface area contributed by atoms with Gasteiger partial charge in [0.15, 0.2) is 0 Å². The Hall–Kier alpha value is -1.69. The number of rotatable bonds is 4. The fraction of sp³-hybridized carbons (Fsp3) is 0.200. The maximum atomic E-state index is 12.9. The van der Waals surface area contributed by atoms with Gasteiger partial charge in [0, 0.05) is 24.1 Å². The lowest BCUT2D eigenvalue weighted by Crippen LogP contribution is -1.92. The van der Waals surface area contributed by atoms with Crippen LogP contribution in [0.3, 0.4) is 0 Å². The number of nitrogens with zero attached hydrogens (tertiary/aromatic N) is 2. The second-order valence-electron chi connectivity index (χ2n) is 3.22. The molecule has 0 amide bonds. The van der Waals surface area contributed by atoms with Crippen molar-refractivity contribution in [1.29, 1.82) is 0 Å². The molecule has 0 spiro atoms. The number of halogens is 3.